The molecule has 0 radical (unpaired) electrons. The Hall–Kier alpha value is -1.55. The molecule has 1 unspecified atom stereocenters. The maximum absolute atomic E-state index is 5.86. The molecular formula is C12H13ClN2O2. The first kappa shape index (κ1) is 11.9. The molecule has 0 N–H and O–H groups in total. The summed E-state index contributed by atoms with van der Waals surface area (Å²) < 4.78 is 10.5. The van der Waals surface area contributed by atoms with E-state index in [0.29, 0.717) is 18.3 Å². The van der Waals surface area contributed by atoms with Crippen molar-refractivity contribution in [2.24, 2.45) is 0 Å². The second-order valence-corrected chi connectivity index (χ2v) is 4.19. The zero-order valence-corrected chi connectivity index (χ0v) is 10.4. The van der Waals surface area contributed by atoms with Crippen LogP contribution in [0.1, 0.15) is 25.1 Å². The lowest BCUT2D eigenvalue weighted by atomic mass is 10.2. The number of hydrogen-bond donors (Lipinski definition) is 0. The van der Waals surface area contributed by atoms with Gasteiger partial charge in [-0.15, -0.1) is 11.6 Å². The van der Waals surface area contributed by atoms with Crippen LogP contribution in [0.2, 0.25) is 0 Å². The van der Waals surface area contributed by atoms with Gasteiger partial charge in [0.2, 0.25) is 11.7 Å². The summed E-state index contributed by atoms with van der Waals surface area (Å²) in [7, 11) is 0. The van der Waals surface area contributed by atoms with E-state index >= 15 is 0 Å². The third kappa shape index (κ3) is 2.77. The van der Waals surface area contributed by atoms with Gasteiger partial charge in [-0.1, -0.05) is 17.3 Å². The van der Waals surface area contributed by atoms with Gasteiger partial charge in [0.1, 0.15) is 11.1 Å². The number of rotatable bonds is 4. The first-order valence-electron chi connectivity index (χ1n) is 5.41. The van der Waals surface area contributed by atoms with E-state index in [9.17, 15) is 0 Å². The highest BCUT2D eigenvalue weighted by Gasteiger charge is 2.13. The quantitative estimate of drug-likeness (QED) is 0.782. The van der Waals surface area contributed by atoms with Crippen LogP contribution in [0.15, 0.2) is 28.8 Å². The number of aromatic nitrogens is 2. The van der Waals surface area contributed by atoms with E-state index in [1.54, 1.807) is 6.92 Å². The molecule has 4 nitrogen and oxygen atoms in total. The number of ether oxygens (including phenoxy) is 1. The van der Waals surface area contributed by atoms with Crippen LogP contribution in [0, 0.1) is 0 Å². The molecule has 1 aromatic carbocycles. The Balaban J connectivity index is 2.28. The SMILES string of the molecule is CCOc1cccc(-c2noc(C(C)Cl)n2)c1. The Morgan fingerprint density at radius 3 is 2.94 bits per heavy atom. The zero-order chi connectivity index (χ0) is 12.3. The van der Waals surface area contributed by atoms with Crippen LogP contribution in [0.3, 0.4) is 0 Å². The minimum atomic E-state index is -0.286. The lowest BCUT2D eigenvalue weighted by Crippen LogP contribution is -1.91. The molecule has 0 fully saturated rings. The summed E-state index contributed by atoms with van der Waals surface area (Å²) >= 11 is 5.86. The predicted molar refractivity (Wildman–Crippen MR) is 65.2 cm³/mol. The van der Waals surface area contributed by atoms with Crippen molar-refractivity contribution in [1.29, 1.82) is 0 Å². The van der Waals surface area contributed by atoms with Gasteiger partial charge < -0.3 is 9.26 Å². The van der Waals surface area contributed by atoms with Crippen molar-refractivity contribution in [3.05, 3.63) is 30.2 Å². The van der Waals surface area contributed by atoms with E-state index in [1.165, 1.54) is 0 Å². The van der Waals surface area contributed by atoms with E-state index in [-0.39, 0.29) is 5.38 Å². The molecular weight excluding hydrogens is 240 g/mol. The van der Waals surface area contributed by atoms with Crippen LogP contribution in [0.5, 0.6) is 5.75 Å². The molecule has 1 heterocycles. The molecule has 0 amide bonds. The monoisotopic (exact) mass is 252 g/mol. The summed E-state index contributed by atoms with van der Waals surface area (Å²) in [5, 5.41) is 3.60. The van der Waals surface area contributed by atoms with Crippen LogP contribution < -0.4 is 4.74 Å². The highest BCUT2D eigenvalue weighted by molar-refractivity contribution is 6.20. The minimum absolute atomic E-state index is 0.286. The van der Waals surface area contributed by atoms with Crippen LogP contribution in [-0.4, -0.2) is 16.7 Å². The molecule has 17 heavy (non-hydrogen) atoms. The molecule has 0 aliphatic heterocycles. The Bertz CT molecular complexity index is 497. The van der Waals surface area contributed by atoms with E-state index in [0.717, 1.165) is 11.3 Å². The highest BCUT2D eigenvalue weighted by atomic mass is 35.5. The topological polar surface area (TPSA) is 48.2 Å². The highest BCUT2D eigenvalue weighted by Crippen LogP contribution is 2.24. The maximum atomic E-state index is 5.86. The average Bonchev–Trinajstić information content (AvgIpc) is 2.79. The molecule has 0 spiro atoms. The fourth-order valence-electron chi connectivity index (χ4n) is 1.41. The number of halogens is 1. The average molecular weight is 253 g/mol. The van der Waals surface area contributed by atoms with E-state index in [2.05, 4.69) is 10.1 Å². The van der Waals surface area contributed by atoms with Gasteiger partial charge in [-0.25, -0.2) is 0 Å². The van der Waals surface area contributed by atoms with Crippen molar-refractivity contribution in [3.8, 4) is 17.1 Å². The number of hydrogen-bond acceptors (Lipinski definition) is 4. The molecule has 0 saturated carbocycles. The maximum Gasteiger partial charge on any atom is 0.244 e. The van der Waals surface area contributed by atoms with Crippen molar-refractivity contribution >= 4 is 11.6 Å². The van der Waals surface area contributed by atoms with Crippen LogP contribution >= 0.6 is 11.6 Å². The number of nitrogens with zero attached hydrogens (tertiary/aromatic N) is 2. The molecule has 0 bridgehead atoms. The summed E-state index contributed by atoms with van der Waals surface area (Å²) in [5.41, 5.74) is 0.850. The first-order valence-corrected chi connectivity index (χ1v) is 5.85. The first-order chi connectivity index (χ1) is 8.20. The summed E-state index contributed by atoms with van der Waals surface area (Å²) in [4.78, 5) is 4.22. The lowest BCUT2D eigenvalue weighted by Gasteiger charge is -2.02. The van der Waals surface area contributed by atoms with Crippen LogP contribution in [0.4, 0.5) is 0 Å². The van der Waals surface area contributed by atoms with Gasteiger partial charge in [0.15, 0.2) is 0 Å². The Morgan fingerprint density at radius 1 is 1.47 bits per heavy atom. The van der Waals surface area contributed by atoms with Crippen molar-refractivity contribution in [2.45, 2.75) is 19.2 Å². The third-order valence-corrected chi connectivity index (χ3v) is 2.37. The zero-order valence-electron chi connectivity index (χ0n) is 9.68. The van der Waals surface area contributed by atoms with Gasteiger partial charge >= 0.3 is 0 Å². The summed E-state index contributed by atoms with van der Waals surface area (Å²) in [6, 6.07) is 7.55. The number of benzene rings is 1. The Kier molecular flexibility index (Phi) is 3.64. The summed E-state index contributed by atoms with van der Waals surface area (Å²) in [6.45, 7) is 4.35. The van der Waals surface area contributed by atoms with Gasteiger partial charge in [-0.2, -0.15) is 4.98 Å². The van der Waals surface area contributed by atoms with Gasteiger partial charge in [-0.05, 0) is 26.0 Å². The van der Waals surface area contributed by atoms with Crippen molar-refractivity contribution in [1.82, 2.24) is 10.1 Å². The third-order valence-electron chi connectivity index (χ3n) is 2.19. The molecule has 90 valence electrons. The smallest absolute Gasteiger partial charge is 0.244 e. The van der Waals surface area contributed by atoms with E-state index in [1.807, 2.05) is 31.2 Å². The van der Waals surface area contributed by atoms with E-state index in [4.69, 9.17) is 20.9 Å². The number of alkyl halides is 1. The summed E-state index contributed by atoms with van der Waals surface area (Å²) in [5.74, 6) is 1.73. The van der Waals surface area contributed by atoms with E-state index < -0.39 is 0 Å². The van der Waals surface area contributed by atoms with Crippen LogP contribution in [-0.2, 0) is 0 Å². The largest absolute Gasteiger partial charge is 0.494 e. The normalized spacial score (nSPS) is 12.4. The molecule has 0 aliphatic carbocycles. The summed E-state index contributed by atoms with van der Waals surface area (Å²) in [6.07, 6.45) is 0. The molecule has 2 aromatic rings. The van der Waals surface area contributed by atoms with Crippen molar-refractivity contribution < 1.29 is 9.26 Å². The van der Waals surface area contributed by atoms with Gasteiger partial charge in [0.05, 0.1) is 6.61 Å². The van der Waals surface area contributed by atoms with Crippen LogP contribution in [0.25, 0.3) is 11.4 Å². The van der Waals surface area contributed by atoms with Gasteiger partial charge in [-0.3, -0.25) is 0 Å². The lowest BCUT2D eigenvalue weighted by molar-refractivity contribution is 0.340. The van der Waals surface area contributed by atoms with Crippen molar-refractivity contribution in [2.75, 3.05) is 6.61 Å². The molecule has 1 aromatic heterocycles. The molecule has 2 rings (SSSR count). The predicted octanol–water partition coefficient (Wildman–Crippen LogP) is 3.44. The fraction of sp³-hybridized carbons (Fsp3) is 0.333. The van der Waals surface area contributed by atoms with Crippen molar-refractivity contribution in [3.63, 3.8) is 0 Å². The molecule has 0 aliphatic rings. The Labute approximate surface area is 105 Å². The second kappa shape index (κ2) is 5.19. The molecule has 5 heteroatoms. The minimum Gasteiger partial charge on any atom is -0.494 e. The second-order valence-electron chi connectivity index (χ2n) is 3.53. The Morgan fingerprint density at radius 2 is 2.29 bits per heavy atom. The van der Waals surface area contributed by atoms with Gasteiger partial charge in [0.25, 0.3) is 0 Å². The molecule has 0 saturated heterocycles. The fourth-order valence-corrected chi connectivity index (χ4v) is 1.49. The van der Waals surface area contributed by atoms with Gasteiger partial charge in [0, 0.05) is 5.56 Å². The molecule has 1 atom stereocenters. The standard InChI is InChI=1S/C12H13ClN2O2/c1-3-16-10-6-4-5-9(7-10)11-14-12(8(2)13)17-15-11/h4-8H,3H2,1-2H3.